The van der Waals surface area contributed by atoms with E-state index in [9.17, 15) is 17.9 Å². The van der Waals surface area contributed by atoms with Crippen molar-refractivity contribution in [1.82, 2.24) is 5.32 Å². The Balaban J connectivity index is 0.00000324. The highest BCUT2D eigenvalue weighted by Crippen LogP contribution is 2.31. The number of aliphatic hydroxyl groups is 1. The van der Waals surface area contributed by atoms with Gasteiger partial charge in [0, 0.05) is 18.0 Å². The molecule has 0 bridgehead atoms. The summed E-state index contributed by atoms with van der Waals surface area (Å²) in [6.07, 6.45) is -0.711. The Kier molecular flexibility index (Phi) is 11.5. The first-order valence-electron chi connectivity index (χ1n) is 11.8. The number of nitrogens with two attached hydrogens (primary N) is 1. The summed E-state index contributed by atoms with van der Waals surface area (Å²) in [6, 6.07) is 10.3. The van der Waals surface area contributed by atoms with Crippen LogP contribution in [0.15, 0.2) is 36.4 Å². The van der Waals surface area contributed by atoms with Crippen LogP contribution < -0.4 is 15.8 Å². The lowest BCUT2D eigenvalue weighted by Crippen LogP contribution is -2.55. The quantitative estimate of drug-likeness (QED) is 0.424. The minimum atomic E-state index is -3.40. The van der Waals surface area contributed by atoms with Gasteiger partial charge in [0.15, 0.2) is 9.84 Å². The van der Waals surface area contributed by atoms with E-state index in [1.165, 1.54) is 11.6 Å². The van der Waals surface area contributed by atoms with Gasteiger partial charge in [0.1, 0.15) is 17.3 Å². The van der Waals surface area contributed by atoms with Gasteiger partial charge < -0.3 is 20.9 Å². The molecule has 36 heavy (non-hydrogen) atoms. The molecule has 204 valence electrons. The van der Waals surface area contributed by atoms with E-state index in [1.54, 1.807) is 13.0 Å². The van der Waals surface area contributed by atoms with E-state index < -0.39 is 33.7 Å². The number of nitrogens with one attached hydrogen (secondary N) is 1. The molecule has 0 unspecified atom stereocenters. The fourth-order valence-electron chi connectivity index (χ4n) is 4.55. The SMILES string of the molecule is CCOc1cc(C[C@H]2CS(=O)(=O)C[C@@H](N[C@@H](C)c3cccc(C(C)(C)C)c3)[C@H]2O)cc(F)c1N.Cl.Cl. The van der Waals surface area contributed by atoms with E-state index in [4.69, 9.17) is 10.5 Å². The summed E-state index contributed by atoms with van der Waals surface area (Å²) in [6.45, 7) is 10.5. The minimum absolute atomic E-state index is 0. The number of hydrogen-bond donors (Lipinski definition) is 3. The Morgan fingerprint density at radius 3 is 2.47 bits per heavy atom. The number of sulfone groups is 1. The number of benzene rings is 2. The zero-order chi connectivity index (χ0) is 25.3. The predicted molar refractivity (Wildman–Crippen MR) is 149 cm³/mol. The summed E-state index contributed by atoms with van der Waals surface area (Å²) in [5.74, 6) is -1.27. The maximum atomic E-state index is 14.3. The van der Waals surface area contributed by atoms with E-state index in [0.29, 0.717) is 12.2 Å². The number of hydrogen-bond acceptors (Lipinski definition) is 6. The zero-order valence-corrected chi connectivity index (χ0v) is 23.9. The summed E-state index contributed by atoms with van der Waals surface area (Å²) >= 11 is 0. The van der Waals surface area contributed by atoms with Gasteiger partial charge in [0.05, 0.1) is 24.2 Å². The van der Waals surface area contributed by atoms with Crippen molar-refractivity contribution in [3.05, 3.63) is 58.9 Å². The first-order valence-corrected chi connectivity index (χ1v) is 13.6. The van der Waals surface area contributed by atoms with Crippen LogP contribution in [0.5, 0.6) is 5.75 Å². The van der Waals surface area contributed by atoms with Crippen molar-refractivity contribution in [2.45, 2.75) is 64.6 Å². The van der Waals surface area contributed by atoms with Crippen LogP contribution in [0, 0.1) is 11.7 Å². The van der Waals surface area contributed by atoms with E-state index in [-0.39, 0.29) is 65.6 Å². The third-order valence-electron chi connectivity index (χ3n) is 6.46. The lowest BCUT2D eigenvalue weighted by atomic mass is 9.85. The molecular formula is C26H39Cl2FN2O4S. The van der Waals surface area contributed by atoms with Crippen LogP contribution >= 0.6 is 24.8 Å². The van der Waals surface area contributed by atoms with Crippen molar-refractivity contribution in [3.63, 3.8) is 0 Å². The second-order valence-electron chi connectivity index (χ2n) is 10.3. The average Bonchev–Trinajstić information content (AvgIpc) is 2.74. The second-order valence-corrected chi connectivity index (χ2v) is 12.5. The molecule has 0 amide bonds. The molecule has 3 rings (SSSR count). The van der Waals surface area contributed by atoms with Gasteiger partial charge >= 0.3 is 0 Å². The number of anilines is 1. The van der Waals surface area contributed by atoms with E-state index in [1.807, 2.05) is 19.1 Å². The molecule has 1 saturated heterocycles. The lowest BCUT2D eigenvalue weighted by Gasteiger charge is -2.37. The zero-order valence-electron chi connectivity index (χ0n) is 21.5. The van der Waals surface area contributed by atoms with Crippen LogP contribution in [0.4, 0.5) is 10.1 Å². The monoisotopic (exact) mass is 564 g/mol. The normalized spacial score (nSPS) is 22.1. The molecule has 0 radical (unpaired) electrons. The molecule has 1 aliphatic heterocycles. The summed E-state index contributed by atoms with van der Waals surface area (Å²) in [7, 11) is -3.40. The van der Waals surface area contributed by atoms with Gasteiger partial charge in [-0.3, -0.25) is 0 Å². The van der Waals surface area contributed by atoms with Crippen LogP contribution in [0.25, 0.3) is 0 Å². The van der Waals surface area contributed by atoms with E-state index in [0.717, 1.165) is 5.56 Å². The van der Waals surface area contributed by atoms with Gasteiger partial charge in [0.25, 0.3) is 0 Å². The molecule has 6 nitrogen and oxygen atoms in total. The Hall–Kier alpha value is -1.58. The number of ether oxygens (including phenoxy) is 1. The van der Waals surface area contributed by atoms with Crippen LogP contribution in [-0.4, -0.2) is 43.8 Å². The van der Waals surface area contributed by atoms with Gasteiger partial charge in [-0.1, -0.05) is 45.0 Å². The second kappa shape index (κ2) is 12.8. The molecule has 4 N–H and O–H groups in total. The topological polar surface area (TPSA) is 102 Å². The van der Waals surface area contributed by atoms with Gasteiger partial charge in [0.2, 0.25) is 0 Å². The maximum Gasteiger partial charge on any atom is 0.152 e. The van der Waals surface area contributed by atoms with Crippen LogP contribution in [0.2, 0.25) is 0 Å². The number of aliphatic hydroxyl groups excluding tert-OH is 1. The average molecular weight is 566 g/mol. The molecule has 10 heteroatoms. The molecule has 0 spiro atoms. The molecule has 1 heterocycles. The number of rotatable bonds is 7. The molecule has 1 fully saturated rings. The van der Waals surface area contributed by atoms with Crippen LogP contribution in [-0.2, 0) is 21.7 Å². The Bertz CT molecular complexity index is 1130. The summed E-state index contributed by atoms with van der Waals surface area (Å²) in [5, 5.41) is 14.5. The van der Waals surface area contributed by atoms with Gasteiger partial charge in [-0.15, -0.1) is 24.8 Å². The van der Waals surface area contributed by atoms with Crippen molar-refractivity contribution < 1.29 is 22.7 Å². The fraction of sp³-hybridized carbons (Fsp3) is 0.538. The van der Waals surface area contributed by atoms with Crippen molar-refractivity contribution >= 4 is 40.3 Å². The highest BCUT2D eigenvalue weighted by molar-refractivity contribution is 7.91. The third-order valence-corrected chi connectivity index (χ3v) is 8.27. The highest BCUT2D eigenvalue weighted by atomic mass is 35.5. The summed E-state index contributed by atoms with van der Waals surface area (Å²) in [5.41, 5.74) is 8.42. The van der Waals surface area contributed by atoms with Crippen molar-refractivity contribution in [3.8, 4) is 5.75 Å². The Morgan fingerprint density at radius 2 is 1.86 bits per heavy atom. The first-order chi connectivity index (χ1) is 15.8. The van der Waals surface area contributed by atoms with E-state index in [2.05, 4.69) is 38.2 Å². The van der Waals surface area contributed by atoms with Gasteiger partial charge in [-0.25, -0.2) is 12.8 Å². The highest BCUT2D eigenvalue weighted by Gasteiger charge is 2.40. The van der Waals surface area contributed by atoms with Crippen LogP contribution in [0.3, 0.4) is 0 Å². The number of nitrogen functional groups attached to an aromatic ring is 1. The standard InChI is InChI=1S/C26H37FN2O4S.2ClH/c1-6-33-23-12-17(11-21(27)24(23)28)10-19-14-34(31,32)15-22(25(19)30)29-16(2)18-8-7-9-20(13-18)26(3,4)5;;/h7-9,11-13,16,19,22,25,29-30H,6,10,14-15,28H2,1-5H3;2*1H/t16-,19-,22+,25-;;/m0../s1. The molecule has 0 aromatic heterocycles. The minimum Gasteiger partial charge on any atom is -0.492 e. The molecule has 0 saturated carbocycles. The third kappa shape index (κ3) is 7.96. The molecule has 2 aromatic carbocycles. The lowest BCUT2D eigenvalue weighted by molar-refractivity contribution is 0.0747. The smallest absolute Gasteiger partial charge is 0.152 e. The van der Waals surface area contributed by atoms with Gasteiger partial charge in [-0.05, 0) is 54.5 Å². The molecule has 0 aliphatic carbocycles. The summed E-state index contributed by atoms with van der Waals surface area (Å²) < 4.78 is 45.2. The largest absolute Gasteiger partial charge is 0.492 e. The first kappa shape index (κ1) is 32.4. The van der Waals surface area contributed by atoms with Crippen LogP contribution in [0.1, 0.15) is 57.4 Å². The predicted octanol–water partition coefficient (Wildman–Crippen LogP) is 4.62. The van der Waals surface area contributed by atoms with Gasteiger partial charge in [-0.2, -0.15) is 0 Å². The van der Waals surface area contributed by atoms with E-state index >= 15 is 0 Å². The molecule has 4 atom stereocenters. The molecule has 1 aliphatic rings. The fourth-order valence-corrected chi connectivity index (χ4v) is 6.50. The molecule has 2 aromatic rings. The summed E-state index contributed by atoms with van der Waals surface area (Å²) in [4.78, 5) is 0. The Morgan fingerprint density at radius 1 is 1.19 bits per heavy atom. The van der Waals surface area contributed by atoms with Crippen molar-refractivity contribution in [1.29, 1.82) is 0 Å². The Labute approximate surface area is 226 Å². The van der Waals surface area contributed by atoms with Crippen molar-refractivity contribution in [2.75, 3.05) is 23.8 Å². The van der Waals surface area contributed by atoms with Crippen molar-refractivity contribution in [2.24, 2.45) is 5.92 Å². The maximum absolute atomic E-state index is 14.3. The number of halogens is 3. The molecular weight excluding hydrogens is 526 g/mol.